The van der Waals surface area contributed by atoms with E-state index in [-0.39, 0.29) is 6.54 Å². The summed E-state index contributed by atoms with van der Waals surface area (Å²) in [5, 5.41) is 17.2. The molecule has 3 aromatic rings. The van der Waals surface area contributed by atoms with Crippen molar-refractivity contribution in [3.8, 4) is 0 Å². The largest absolute Gasteiger partial charge is 0.465 e. The number of hydrogen-bond acceptors (Lipinski definition) is 7. The van der Waals surface area contributed by atoms with Crippen molar-refractivity contribution in [3.63, 3.8) is 0 Å². The van der Waals surface area contributed by atoms with Crippen molar-refractivity contribution in [1.82, 2.24) is 5.32 Å². The Morgan fingerprint density at radius 1 is 1.03 bits per heavy atom. The van der Waals surface area contributed by atoms with Gasteiger partial charge in [-0.15, -0.1) is 22.7 Å². The van der Waals surface area contributed by atoms with Gasteiger partial charge < -0.3 is 20.5 Å². The van der Waals surface area contributed by atoms with E-state index in [1.165, 1.54) is 54.0 Å². The predicted molar refractivity (Wildman–Crippen MR) is 111 cm³/mol. The molecule has 0 saturated carbocycles. The van der Waals surface area contributed by atoms with E-state index in [1.807, 2.05) is 17.5 Å². The topological polar surface area (TPSA) is 105 Å². The highest BCUT2D eigenvalue weighted by Crippen LogP contribution is 2.30. The first-order valence-corrected chi connectivity index (χ1v) is 10.2. The summed E-state index contributed by atoms with van der Waals surface area (Å²) in [6.07, 6.45) is -0.694. The molecule has 2 amide bonds. The second-order valence-corrected chi connectivity index (χ2v) is 8.11. The van der Waals surface area contributed by atoms with Crippen LogP contribution in [0.15, 0.2) is 53.9 Å². The highest BCUT2D eigenvalue weighted by molar-refractivity contribution is 7.12. The van der Waals surface area contributed by atoms with Crippen molar-refractivity contribution >= 4 is 46.1 Å². The number of aliphatic hydroxyl groups is 1. The minimum atomic E-state index is -0.814. The Morgan fingerprint density at radius 3 is 2.45 bits per heavy atom. The molecule has 1 unspecified atom stereocenters. The van der Waals surface area contributed by atoms with Crippen LogP contribution in [0.2, 0.25) is 0 Å². The van der Waals surface area contributed by atoms with Gasteiger partial charge in [-0.1, -0.05) is 6.07 Å². The van der Waals surface area contributed by atoms with E-state index in [0.717, 1.165) is 14.6 Å². The lowest BCUT2D eigenvalue weighted by molar-refractivity contribution is -0.136. The van der Waals surface area contributed by atoms with Crippen LogP contribution in [0, 0.1) is 0 Å². The smallest absolute Gasteiger partial charge is 0.337 e. The lowest BCUT2D eigenvalue weighted by Gasteiger charge is -2.07. The minimum absolute atomic E-state index is 0.176. The molecule has 0 bridgehead atoms. The minimum Gasteiger partial charge on any atom is -0.465 e. The fraction of sp³-hybridized carbons (Fsp3) is 0.150. The van der Waals surface area contributed by atoms with Crippen LogP contribution in [0.1, 0.15) is 31.1 Å². The molecular weight excluding hydrogens is 412 g/mol. The number of ether oxygens (including phenoxy) is 1. The quantitative estimate of drug-likeness (QED) is 0.412. The van der Waals surface area contributed by atoms with Crippen LogP contribution in [0.4, 0.5) is 5.69 Å². The van der Waals surface area contributed by atoms with E-state index >= 15 is 0 Å². The first-order valence-electron chi connectivity index (χ1n) is 8.55. The number of anilines is 1. The molecule has 0 saturated heterocycles. The summed E-state index contributed by atoms with van der Waals surface area (Å²) in [5.74, 6) is -2.08. The fourth-order valence-electron chi connectivity index (χ4n) is 2.47. The molecular formula is C20H18N2O5S2. The maximum Gasteiger partial charge on any atom is 0.337 e. The standard InChI is InChI=1S/C20H18N2O5S2/c1-27-20(26)12-4-6-13(7-5-12)22-19(25)18(24)21-11-14-8-9-16(29-14)17(23)15-3-2-10-28-15/h2-10,17,23H,11H2,1H3,(H,21,24)(H,22,25). The van der Waals surface area contributed by atoms with Gasteiger partial charge in [0, 0.05) is 20.3 Å². The Morgan fingerprint density at radius 2 is 1.79 bits per heavy atom. The van der Waals surface area contributed by atoms with Gasteiger partial charge in [0.1, 0.15) is 6.10 Å². The van der Waals surface area contributed by atoms with Crippen LogP contribution in [-0.2, 0) is 20.9 Å². The van der Waals surface area contributed by atoms with Gasteiger partial charge in [0.25, 0.3) is 0 Å². The number of hydrogen-bond donors (Lipinski definition) is 3. The molecule has 1 atom stereocenters. The average molecular weight is 431 g/mol. The Hall–Kier alpha value is -3.01. The number of carbonyl (C=O) groups is 3. The van der Waals surface area contributed by atoms with Gasteiger partial charge in [0.05, 0.1) is 19.2 Å². The molecule has 7 nitrogen and oxygen atoms in total. The molecule has 3 rings (SSSR count). The zero-order valence-corrected chi connectivity index (χ0v) is 17.0. The van der Waals surface area contributed by atoms with E-state index in [2.05, 4.69) is 15.4 Å². The molecule has 9 heteroatoms. The SMILES string of the molecule is COC(=O)c1ccc(NC(=O)C(=O)NCc2ccc(C(O)c3cccs3)s2)cc1. The molecule has 2 aromatic heterocycles. The van der Waals surface area contributed by atoms with Crippen LogP contribution < -0.4 is 10.6 Å². The van der Waals surface area contributed by atoms with E-state index in [9.17, 15) is 19.5 Å². The first kappa shape index (κ1) is 20.7. The van der Waals surface area contributed by atoms with Crippen molar-refractivity contribution in [3.05, 3.63) is 74.1 Å². The van der Waals surface area contributed by atoms with Gasteiger partial charge in [-0.2, -0.15) is 0 Å². The van der Waals surface area contributed by atoms with Crippen molar-refractivity contribution in [2.75, 3.05) is 12.4 Å². The van der Waals surface area contributed by atoms with E-state index in [1.54, 1.807) is 12.1 Å². The Kier molecular flexibility index (Phi) is 6.76. The lowest BCUT2D eigenvalue weighted by atomic mass is 10.2. The van der Waals surface area contributed by atoms with E-state index in [4.69, 9.17) is 0 Å². The average Bonchev–Trinajstić information content (AvgIpc) is 3.43. The summed E-state index contributed by atoms with van der Waals surface area (Å²) in [6.45, 7) is 0.176. The summed E-state index contributed by atoms with van der Waals surface area (Å²) < 4.78 is 4.60. The summed E-state index contributed by atoms with van der Waals surface area (Å²) in [7, 11) is 1.28. The molecule has 0 aliphatic heterocycles. The number of rotatable bonds is 6. The first-order chi connectivity index (χ1) is 14.0. The van der Waals surface area contributed by atoms with E-state index in [0.29, 0.717) is 11.3 Å². The molecule has 0 spiro atoms. The molecule has 0 radical (unpaired) electrons. The van der Waals surface area contributed by atoms with Crippen LogP contribution >= 0.6 is 22.7 Å². The van der Waals surface area contributed by atoms with Gasteiger partial charge in [-0.3, -0.25) is 9.59 Å². The number of aliphatic hydroxyl groups excluding tert-OH is 1. The molecule has 29 heavy (non-hydrogen) atoms. The number of benzene rings is 1. The normalized spacial score (nSPS) is 11.5. The van der Waals surface area contributed by atoms with Crippen molar-refractivity contribution in [2.45, 2.75) is 12.6 Å². The number of thiophene rings is 2. The Balaban J connectivity index is 1.51. The molecule has 150 valence electrons. The van der Waals surface area contributed by atoms with Gasteiger partial charge in [-0.25, -0.2) is 4.79 Å². The van der Waals surface area contributed by atoms with E-state index < -0.39 is 23.9 Å². The number of nitrogens with one attached hydrogen (secondary N) is 2. The third-order valence-corrected chi connectivity index (χ3v) is 6.02. The second-order valence-electron chi connectivity index (χ2n) is 5.93. The van der Waals surface area contributed by atoms with Gasteiger partial charge >= 0.3 is 17.8 Å². The third kappa shape index (κ3) is 5.29. The summed E-state index contributed by atoms with van der Waals surface area (Å²) >= 11 is 2.84. The predicted octanol–water partition coefficient (Wildman–Crippen LogP) is 2.93. The highest BCUT2D eigenvalue weighted by Gasteiger charge is 2.16. The lowest BCUT2D eigenvalue weighted by Crippen LogP contribution is -2.34. The monoisotopic (exact) mass is 430 g/mol. The van der Waals surface area contributed by atoms with Crippen LogP contribution in [0.25, 0.3) is 0 Å². The van der Waals surface area contributed by atoms with Crippen LogP contribution in [-0.4, -0.2) is 30.0 Å². The number of amides is 2. The Bertz CT molecular complexity index is 996. The Labute approximate surface area is 175 Å². The van der Waals surface area contributed by atoms with Crippen molar-refractivity contribution in [2.24, 2.45) is 0 Å². The second kappa shape index (κ2) is 9.46. The maximum atomic E-state index is 12.0. The fourth-order valence-corrected chi connectivity index (χ4v) is 4.23. The number of methoxy groups -OCH3 is 1. The molecule has 2 heterocycles. The summed E-state index contributed by atoms with van der Waals surface area (Å²) in [5.41, 5.74) is 0.725. The third-order valence-electron chi connectivity index (χ3n) is 3.96. The molecule has 1 aromatic carbocycles. The van der Waals surface area contributed by atoms with Gasteiger partial charge in [-0.05, 0) is 47.8 Å². The summed E-state index contributed by atoms with van der Waals surface area (Å²) in [6, 6.07) is 13.3. The number of carbonyl (C=O) groups excluding carboxylic acids is 3. The van der Waals surface area contributed by atoms with Crippen molar-refractivity contribution in [1.29, 1.82) is 0 Å². The molecule has 0 fully saturated rings. The molecule has 3 N–H and O–H groups in total. The van der Waals surface area contributed by atoms with Gasteiger partial charge in [0.2, 0.25) is 0 Å². The molecule has 0 aliphatic rings. The van der Waals surface area contributed by atoms with Crippen molar-refractivity contribution < 1.29 is 24.2 Å². The summed E-state index contributed by atoms with van der Waals surface area (Å²) in [4.78, 5) is 37.9. The van der Waals surface area contributed by atoms with Gasteiger partial charge in [0.15, 0.2) is 0 Å². The highest BCUT2D eigenvalue weighted by atomic mass is 32.1. The maximum absolute atomic E-state index is 12.0. The molecule has 0 aliphatic carbocycles. The number of esters is 1. The zero-order valence-electron chi connectivity index (χ0n) is 15.4. The zero-order chi connectivity index (χ0) is 20.8. The van der Waals surface area contributed by atoms with Crippen LogP contribution in [0.3, 0.4) is 0 Å². The van der Waals surface area contributed by atoms with Crippen LogP contribution in [0.5, 0.6) is 0 Å².